The Hall–Kier alpha value is -3.00. The van der Waals surface area contributed by atoms with Crippen molar-refractivity contribution in [3.63, 3.8) is 0 Å². The van der Waals surface area contributed by atoms with Gasteiger partial charge in [-0.3, -0.25) is 9.59 Å². The van der Waals surface area contributed by atoms with Gasteiger partial charge in [-0.05, 0) is 38.3 Å². The second kappa shape index (κ2) is 11.6. The maximum atomic E-state index is 13.2. The summed E-state index contributed by atoms with van der Waals surface area (Å²) in [5.74, 6) is 0.685. The summed E-state index contributed by atoms with van der Waals surface area (Å²) >= 11 is 0. The summed E-state index contributed by atoms with van der Waals surface area (Å²) in [4.78, 5) is 31.7. The molecule has 0 saturated carbocycles. The van der Waals surface area contributed by atoms with Gasteiger partial charge in [-0.1, -0.05) is 43.7 Å². The van der Waals surface area contributed by atoms with Crippen LogP contribution in [-0.4, -0.2) is 83.8 Å². The van der Waals surface area contributed by atoms with Crippen molar-refractivity contribution in [3.05, 3.63) is 42.0 Å². The number of hydrogen-bond donors (Lipinski definition) is 0. The number of carbonyl (C=O) groups excluding carboxylic acids is 2. The van der Waals surface area contributed by atoms with Crippen molar-refractivity contribution in [2.24, 2.45) is 5.92 Å². The lowest BCUT2D eigenvalue weighted by Crippen LogP contribution is -2.47. The number of ether oxygens (including phenoxy) is 1. The van der Waals surface area contributed by atoms with Gasteiger partial charge in [0.2, 0.25) is 11.8 Å². The number of benzene rings is 1. The zero-order valence-corrected chi connectivity index (χ0v) is 21.2. The second-order valence-electron chi connectivity index (χ2n) is 9.87. The molecule has 4 rings (SSSR count). The maximum absolute atomic E-state index is 13.2. The first kappa shape index (κ1) is 25.1. The molecule has 2 aliphatic rings. The van der Waals surface area contributed by atoms with Crippen molar-refractivity contribution in [2.45, 2.75) is 46.1 Å². The molecule has 0 aliphatic carbocycles. The van der Waals surface area contributed by atoms with E-state index in [0.717, 1.165) is 49.5 Å². The van der Waals surface area contributed by atoms with Gasteiger partial charge in [-0.2, -0.15) is 0 Å². The number of aryl methyl sites for hydroxylation is 1. The standard InChI is InChI=1S/C27H37N5O3/c1-20(2)27(34)32(18-23-6-4-17-35-23)19-26(33)31-14-5-13-30(15-16-31)25-12-11-24(28-29-25)22-9-7-21(3)8-10-22/h7-12,20,23H,4-6,13-19H2,1-3H3/t23-/m0/s1. The monoisotopic (exact) mass is 479 g/mol. The minimum atomic E-state index is -0.148. The van der Waals surface area contributed by atoms with Crippen LogP contribution in [0.3, 0.4) is 0 Å². The Balaban J connectivity index is 1.35. The van der Waals surface area contributed by atoms with Crippen LogP contribution in [0.5, 0.6) is 0 Å². The molecule has 0 unspecified atom stereocenters. The molecule has 2 fully saturated rings. The molecular weight excluding hydrogens is 442 g/mol. The molecule has 35 heavy (non-hydrogen) atoms. The maximum Gasteiger partial charge on any atom is 0.242 e. The SMILES string of the molecule is Cc1ccc(-c2ccc(N3CCCN(C(=O)CN(C[C@@H]4CCCO4)C(=O)C(C)C)CC3)nn2)cc1. The van der Waals surface area contributed by atoms with E-state index in [0.29, 0.717) is 26.2 Å². The van der Waals surface area contributed by atoms with Gasteiger partial charge in [-0.25, -0.2) is 0 Å². The van der Waals surface area contributed by atoms with Crippen LogP contribution in [0, 0.1) is 12.8 Å². The van der Waals surface area contributed by atoms with Crippen LogP contribution < -0.4 is 4.90 Å². The van der Waals surface area contributed by atoms with Crippen molar-refractivity contribution in [3.8, 4) is 11.3 Å². The highest BCUT2D eigenvalue weighted by molar-refractivity contribution is 5.85. The van der Waals surface area contributed by atoms with Crippen LogP contribution >= 0.6 is 0 Å². The fraction of sp³-hybridized carbons (Fsp3) is 0.556. The van der Waals surface area contributed by atoms with E-state index < -0.39 is 0 Å². The highest BCUT2D eigenvalue weighted by atomic mass is 16.5. The van der Waals surface area contributed by atoms with Crippen molar-refractivity contribution in [1.82, 2.24) is 20.0 Å². The number of rotatable bonds is 7. The van der Waals surface area contributed by atoms with Crippen LogP contribution in [-0.2, 0) is 14.3 Å². The summed E-state index contributed by atoms with van der Waals surface area (Å²) in [6, 6.07) is 12.3. The normalized spacial score (nSPS) is 18.6. The number of anilines is 1. The third kappa shape index (κ3) is 6.57. The molecule has 2 aromatic rings. The molecule has 2 amide bonds. The zero-order valence-electron chi connectivity index (χ0n) is 21.2. The van der Waals surface area contributed by atoms with E-state index in [-0.39, 0.29) is 30.4 Å². The number of carbonyl (C=O) groups is 2. The average Bonchev–Trinajstić information content (AvgIpc) is 3.25. The van der Waals surface area contributed by atoms with Gasteiger partial charge in [0.25, 0.3) is 0 Å². The first-order chi connectivity index (χ1) is 16.9. The van der Waals surface area contributed by atoms with E-state index in [1.807, 2.05) is 30.9 Å². The summed E-state index contributed by atoms with van der Waals surface area (Å²) in [5, 5.41) is 8.90. The van der Waals surface area contributed by atoms with E-state index in [2.05, 4.69) is 46.3 Å². The molecule has 2 aliphatic heterocycles. The quantitative estimate of drug-likeness (QED) is 0.607. The molecule has 8 heteroatoms. The van der Waals surface area contributed by atoms with Crippen LogP contribution in [0.25, 0.3) is 11.3 Å². The molecule has 0 radical (unpaired) electrons. The number of aromatic nitrogens is 2. The van der Waals surface area contributed by atoms with Crippen molar-refractivity contribution in [2.75, 3.05) is 50.8 Å². The molecule has 1 atom stereocenters. The molecule has 1 aromatic carbocycles. The fourth-order valence-electron chi connectivity index (χ4n) is 4.66. The molecule has 0 spiro atoms. The molecule has 2 saturated heterocycles. The Morgan fingerprint density at radius 2 is 1.83 bits per heavy atom. The lowest BCUT2D eigenvalue weighted by molar-refractivity contribution is -0.143. The minimum absolute atomic E-state index is 0.000324. The van der Waals surface area contributed by atoms with Crippen molar-refractivity contribution < 1.29 is 14.3 Å². The first-order valence-electron chi connectivity index (χ1n) is 12.7. The summed E-state index contributed by atoms with van der Waals surface area (Å²) in [6.45, 7) is 9.94. The smallest absolute Gasteiger partial charge is 0.242 e. The Labute approximate surface area is 208 Å². The van der Waals surface area contributed by atoms with Gasteiger partial charge in [-0.15, -0.1) is 10.2 Å². The van der Waals surface area contributed by atoms with Crippen LogP contribution in [0.2, 0.25) is 0 Å². The predicted molar refractivity (Wildman–Crippen MR) is 136 cm³/mol. The highest BCUT2D eigenvalue weighted by Crippen LogP contribution is 2.20. The molecule has 188 valence electrons. The molecule has 8 nitrogen and oxygen atoms in total. The molecular formula is C27H37N5O3. The van der Waals surface area contributed by atoms with Gasteiger partial charge in [0.05, 0.1) is 18.3 Å². The number of hydrogen-bond acceptors (Lipinski definition) is 6. The van der Waals surface area contributed by atoms with Crippen molar-refractivity contribution >= 4 is 17.6 Å². The van der Waals surface area contributed by atoms with E-state index in [1.54, 1.807) is 4.90 Å². The Morgan fingerprint density at radius 1 is 1.03 bits per heavy atom. The molecule has 0 bridgehead atoms. The Kier molecular flexibility index (Phi) is 8.33. The topological polar surface area (TPSA) is 78.9 Å². The van der Waals surface area contributed by atoms with Gasteiger partial charge in [0.1, 0.15) is 0 Å². The molecule has 3 heterocycles. The Morgan fingerprint density at radius 3 is 2.49 bits per heavy atom. The highest BCUT2D eigenvalue weighted by Gasteiger charge is 2.28. The lowest BCUT2D eigenvalue weighted by Gasteiger charge is -2.29. The van der Waals surface area contributed by atoms with Crippen LogP contribution in [0.15, 0.2) is 36.4 Å². The summed E-state index contributed by atoms with van der Waals surface area (Å²) < 4.78 is 5.73. The van der Waals surface area contributed by atoms with Gasteiger partial charge in [0, 0.05) is 50.8 Å². The largest absolute Gasteiger partial charge is 0.376 e. The third-order valence-electron chi connectivity index (χ3n) is 6.75. The number of nitrogens with zero attached hydrogens (tertiary/aromatic N) is 5. The van der Waals surface area contributed by atoms with Gasteiger partial charge >= 0.3 is 0 Å². The van der Waals surface area contributed by atoms with E-state index in [9.17, 15) is 9.59 Å². The van der Waals surface area contributed by atoms with Gasteiger partial charge in [0.15, 0.2) is 5.82 Å². The van der Waals surface area contributed by atoms with Crippen LogP contribution in [0.1, 0.15) is 38.7 Å². The number of amides is 2. The third-order valence-corrected chi connectivity index (χ3v) is 6.75. The van der Waals surface area contributed by atoms with Gasteiger partial charge < -0.3 is 19.4 Å². The predicted octanol–water partition coefficient (Wildman–Crippen LogP) is 3.15. The zero-order chi connectivity index (χ0) is 24.8. The van der Waals surface area contributed by atoms with Crippen LogP contribution in [0.4, 0.5) is 5.82 Å². The Bertz CT molecular complexity index is 987. The first-order valence-corrected chi connectivity index (χ1v) is 12.7. The molecule has 0 N–H and O–H groups in total. The van der Waals surface area contributed by atoms with Crippen molar-refractivity contribution in [1.29, 1.82) is 0 Å². The second-order valence-corrected chi connectivity index (χ2v) is 9.87. The minimum Gasteiger partial charge on any atom is -0.376 e. The fourth-order valence-corrected chi connectivity index (χ4v) is 4.66. The van der Waals surface area contributed by atoms with E-state index >= 15 is 0 Å². The van der Waals surface area contributed by atoms with E-state index in [1.165, 1.54) is 5.56 Å². The summed E-state index contributed by atoms with van der Waals surface area (Å²) in [5.41, 5.74) is 3.11. The molecule has 1 aromatic heterocycles. The summed E-state index contributed by atoms with van der Waals surface area (Å²) in [7, 11) is 0. The van der Waals surface area contributed by atoms with E-state index in [4.69, 9.17) is 4.74 Å². The average molecular weight is 480 g/mol. The lowest BCUT2D eigenvalue weighted by atomic mass is 10.1. The summed E-state index contributed by atoms with van der Waals surface area (Å²) in [6.07, 6.45) is 2.83.